The monoisotopic (exact) mass is 290 g/mol. The summed E-state index contributed by atoms with van der Waals surface area (Å²) in [6.07, 6.45) is 3.96. The summed E-state index contributed by atoms with van der Waals surface area (Å²) in [5.41, 5.74) is 1.31. The second-order valence-corrected chi connectivity index (χ2v) is 6.13. The lowest BCUT2D eigenvalue weighted by Gasteiger charge is -2.30. The Hall–Kier alpha value is -1.26. The van der Waals surface area contributed by atoms with Gasteiger partial charge in [-0.3, -0.25) is 4.90 Å². The van der Waals surface area contributed by atoms with Crippen LogP contribution in [0.3, 0.4) is 0 Å². The van der Waals surface area contributed by atoms with Crippen LogP contribution in [0.2, 0.25) is 0 Å². The van der Waals surface area contributed by atoms with Gasteiger partial charge in [0.25, 0.3) is 0 Å². The average molecular weight is 290 g/mol. The molecule has 1 saturated carbocycles. The van der Waals surface area contributed by atoms with Crippen molar-refractivity contribution in [3.8, 4) is 11.5 Å². The molecule has 4 nitrogen and oxygen atoms in total. The van der Waals surface area contributed by atoms with Crippen LogP contribution in [0.15, 0.2) is 18.2 Å². The van der Waals surface area contributed by atoms with Gasteiger partial charge in [0.05, 0.1) is 14.2 Å². The summed E-state index contributed by atoms with van der Waals surface area (Å²) in [7, 11) is 5.49. The van der Waals surface area contributed by atoms with Crippen molar-refractivity contribution in [2.24, 2.45) is 5.92 Å². The maximum absolute atomic E-state index is 5.65. The Morgan fingerprint density at radius 1 is 1.19 bits per heavy atom. The molecule has 2 aliphatic rings. The van der Waals surface area contributed by atoms with Gasteiger partial charge in [-0.15, -0.1) is 0 Å². The van der Waals surface area contributed by atoms with E-state index < -0.39 is 0 Å². The number of hydrogen-bond acceptors (Lipinski definition) is 4. The van der Waals surface area contributed by atoms with Crippen molar-refractivity contribution in [1.29, 1.82) is 0 Å². The van der Waals surface area contributed by atoms with Gasteiger partial charge in [-0.25, -0.2) is 0 Å². The Morgan fingerprint density at radius 3 is 2.62 bits per heavy atom. The number of rotatable bonds is 6. The largest absolute Gasteiger partial charge is 0.497 e. The number of methoxy groups -OCH3 is 2. The molecule has 0 radical (unpaired) electrons. The Morgan fingerprint density at radius 2 is 2.00 bits per heavy atom. The summed E-state index contributed by atoms with van der Waals surface area (Å²) in [6.45, 7) is 2.26. The molecule has 2 unspecified atom stereocenters. The minimum absolute atomic E-state index is 0.464. The van der Waals surface area contributed by atoms with Crippen molar-refractivity contribution in [2.75, 3.05) is 34.4 Å². The van der Waals surface area contributed by atoms with E-state index in [1.807, 2.05) is 13.1 Å². The van der Waals surface area contributed by atoms with Crippen LogP contribution in [0.25, 0.3) is 0 Å². The standard InChI is InChI=1S/C17H26N2O2/c1-18-11-12-8-9-19(13-4-5-13)17(12)15-7-6-14(20-2)10-16(15)21-3/h6-7,10,12-13,17-18H,4-5,8-9,11H2,1-3H3. The van der Waals surface area contributed by atoms with Crippen molar-refractivity contribution < 1.29 is 9.47 Å². The first-order chi connectivity index (χ1) is 10.3. The van der Waals surface area contributed by atoms with Gasteiger partial charge in [0.2, 0.25) is 0 Å². The summed E-state index contributed by atoms with van der Waals surface area (Å²) in [4.78, 5) is 2.69. The van der Waals surface area contributed by atoms with Gasteiger partial charge in [-0.2, -0.15) is 0 Å². The van der Waals surface area contributed by atoms with Crippen LogP contribution < -0.4 is 14.8 Å². The summed E-state index contributed by atoms with van der Waals surface area (Å²) >= 11 is 0. The highest BCUT2D eigenvalue weighted by Crippen LogP contribution is 2.46. The molecule has 1 heterocycles. The molecule has 2 atom stereocenters. The highest BCUT2D eigenvalue weighted by molar-refractivity contribution is 5.43. The summed E-state index contributed by atoms with van der Waals surface area (Å²) in [5.74, 6) is 2.46. The zero-order chi connectivity index (χ0) is 14.8. The highest BCUT2D eigenvalue weighted by Gasteiger charge is 2.43. The number of likely N-dealkylation sites (tertiary alicyclic amines) is 1. The summed E-state index contributed by atoms with van der Waals surface area (Å²) in [6, 6.07) is 7.49. The lowest BCUT2D eigenvalue weighted by atomic mass is 9.92. The fourth-order valence-corrected chi connectivity index (χ4v) is 3.67. The van der Waals surface area contributed by atoms with E-state index >= 15 is 0 Å². The molecule has 0 spiro atoms. The molecule has 0 amide bonds. The molecule has 0 bridgehead atoms. The number of nitrogens with one attached hydrogen (secondary N) is 1. The Balaban J connectivity index is 1.93. The number of benzene rings is 1. The zero-order valence-corrected chi connectivity index (χ0v) is 13.3. The first-order valence-electron chi connectivity index (χ1n) is 7.90. The molecule has 1 N–H and O–H groups in total. The molecule has 1 saturated heterocycles. The fourth-order valence-electron chi connectivity index (χ4n) is 3.67. The first kappa shape index (κ1) is 14.7. The third kappa shape index (κ3) is 2.87. The van der Waals surface area contributed by atoms with Crippen LogP contribution in [0.4, 0.5) is 0 Å². The van der Waals surface area contributed by atoms with Gasteiger partial charge in [0.1, 0.15) is 11.5 Å². The lowest BCUT2D eigenvalue weighted by Crippen LogP contribution is -2.31. The van der Waals surface area contributed by atoms with Crippen molar-refractivity contribution in [1.82, 2.24) is 10.2 Å². The van der Waals surface area contributed by atoms with E-state index in [-0.39, 0.29) is 0 Å². The smallest absolute Gasteiger partial charge is 0.127 e. The third-order valence-electron chi connectivity index (χ3n) is 4.80. The second kappa shape index (κ2) is 6.24. The van der Waals surface area contributed by atoms with Crippen LogP contribution in [-0.4, -0.2) is 45.3 Å². The molecule has 1 aromatic carbocycles. The molecule has 1 aliphatic heterocycles. The van der Waals surface area contributed by atoms with Crippen molar-refractivity contribution >= 4 is 0 Å². The van der Waals surface area contributed by atoms with E-state index in [0.29, 0.717) is 12.0 Å². The number of hydrogen-bond donors (Lipinski definition) is 1. The van der Waals surface area contributed by atoms with Crippen LogP contribution in [0.5, 0.6) is 11.5 Å². The van der Waals surface area contributed by atoms with E-state index in [1.165, 1.54) is 31.4 Å². The molecule has 0 aromatic heterocycles. The van der Waals surface area contributed by atoms with Gasteiger partial charge >= 0.3 is 0 Å². The van der Waals surface area contributed by atoms with Crippen molar-refractivity contribution in [3.63, 3.8) is 0 Å². The van der Waals surface area contributed by atoms with Gasteiger partial charge in [0.15, 0.2) is 0 Å². The van der Waals surface area contributed by atoms with Crippen LogP contribution >= 0.6 is 0 Å². The van der Waals surface area contributed by atoms with E-state index in [2.05, 4.69) is 22.3 Å². The lowest BCUT2D eigenvalue weighted by molar-refractivity contribution is 0.212. The number of ether oxygens (including phenoxy) is 2. The van der Waals surface area contributed by atoms with E-state index in [9.17, 15) is 0 Å². The molecule has 2 fully saturated rings. The Labute approximate surface area is 127 Å². The predicted molar refractivity (Wildman–Crippen MR) is 84.0 cm³/mol. The summed E-state index contributed by atoms with van der Waals surface area (Å²) in [5, 5.41) is 3.36. The van der Waals surface area contributed by atoms with E-state index in [1.54, 1.807) is 14.2 Å². The quantitative estimate of drug-likeness (QED) is 0.872. The van der Waals surface area contributed by atoms with Crippen LogP contribution in [-0.2, 0) is 0 Å². The molecule has 21 heavy (non-hydrogen) atoms. The average Bonchev–Trinajstić information content (AvgIpc) is 3.28. The summed E-state index contributed by atoms with van der Waals surface area (Å²) < 4.78 is 11.0. The molecular formula is C17H26N2O2. The van der Waals surface area contributed by atoms with Gasteiger partial charge in [-0.05, 0) is 51.4 Å². The van der Waals surface area contributed by atoms with Crippen molar-refractivity contribution in [2.45, 2.75) is 31.3 Å². The molecule has 1 aromatic rings. The number of nitrogens with zero attached hydrogens (tertiary/aromatic N) is 1. The molecule has 1 aliphatic carbocycles. The predicted octanol–water partition coefficient (Wildman–Crippen LogP) is 2.45. The van der Waals surface area contributed by atoms with Gasteiger partial charge in [-0.1, -0.05) is 6.07 Å². The van der Waals surface area contributed by atoms with Crippen LogP contribution in [0, 0.1) is 5.92 Å². The van der Waals surface area contributed by atoms with Gasteiger partial charge < -0.3 is 14.8 Å². The highest BCUT2D eigenvalue weighted by atomic mass is 16.5. The second-order valence-electron chi connectivity index (χ2n) is 6.13. The minimum Gasteiger partial charge on any atom is -0.497 e. The molecule has 116 valence electrons. The van der Waals surface area contributed by atoms with Crippen LogP contribution in [0.1, 0.15) is 30.9 Å². The first-order valence-corrected chi connectivity index (χ1v) is 7.90. The Bertz CT molecular complexity index is 488. The normalized spacial score (nSPS) is 26.0. The van der Waals surface area contributed by atoms with E-state index in [4.69, 9.17) is 9.47 Å². The topological polar surface area (TPSA) is 33.7 Å². The third-order valence-corrected chi connectivity index (χ3v) is 4.80. The van der Waals surface area contributed by atoms with E-state index in [0.717, 1.165) is 24.1 Å². The molecule has 4 heteroatoms. The Kier molecular flexibility index (Phi) is 4.36. The maximum atomic E-state index is 5.65. The molecule has 3 rings (SSSR count). The zero-order valence-electron chi connectivity index (χ0n) is 13.3. The van der Waals surface area contributed by atoms with Crippen molar-refractivity contribution in [3.05, 3.63) is 23.8 Å². The van der Waals surface area contributed by atoms with Gasteiger partial charge in [0, 0.05) is 23.7 Å². The fraction of sp³-hybridized carbons (Fsp3) is 0.647. The minimum atomic E-state index is 0.464. The SMILES string of the molecule is CNCC1CCN(C2CC2)C1c1ccc(OC)cc1OC. The molecular weight excluding hydrogens is 264 g/mol. The maximum Gasteiger partial charge on any atom is 0.127 e.